The third-order valence-corrected chi connectivity index (χ3v) is 7.19. The number of rotatable bonds is 6. The third kappa shape index (κ3) is 4.80. The Hall–Kier alpha value is -2.88. The summed E-state index contributed by atoms with van der Waals surface area (Å²) in [7, 11) is 0. The maximum absolute atomic E-state index is 14.1. The lowest BCUT2D eigenvalue weighted by Gasteiger charge is -2.34. The third-order valence-electron chi connectivity index (χ3n) is 7.19. The van der Waals surface area contributed by atoms with Gasteiger partial charge in [-0.25, -0.2) is 13.5 Å². The van der Waals surface area contributed by atoms with Gasteiger partial charge in [-0.3, -0.25) is 9.59 Å². The number of amides is 2. The minimum Gasteiger partial charge on any atom is -0.391 e. The molecule has 2 aromatic rings. The highest BCUT2D eigenvalue weighted by molar-refractivity contribution is 5.90. The van der Waals surface area contributed by atoms with Crippen LogP contribution in [-0.2, 0) is 9.59 Å². The Bertz CT molecular complexity index is 1140. The molecule has 0 unspecified atom stereocenters. The van der Waals surface area contributed by atoms with Gasteiger partial charge in [0.1, 0.15) is 23.7 Å². The summed E-state index contributed by atoms with van der Waals surface area (Å²) in [5, 5.41) is 21.7. The number of nitrogens with one attached hydrogen (secondary N) is 1. The van der Waals surface area contributed by atoms with E-state index in [0.717, 1.165) is 24.6 Å². The van der Waals surface area contributed by atoms with E-state index in [2.05, 4.69) is 15.6 Å². The Labute approximate surface area is 202 Å². The zero-order chi connectivity index (χ0) is 25.1. The van der Waals surface area contributed by atoms with Crippen molar-refractivity contribution < 1.29 is 23.5 Å². The summed E-state index contributed by atoms with van der Waals surface area (Å²) in [6.45, 7) is 5.85. The normalized spacial score (nSPS) is 27.1. The van der Waals surface area contributed by atoms with Crippen LogP contribution in [0.4, 0.5) is 8.78 Å². The van der Waals surface area contributed by atoms with Gasteiger partial charge < -0.3 is 15.3 Å². The second kappa shape index (κ2) is 8.65. The number of hydrogen-bond donors (Lipinski definition) is 2. The molecule has 0 radical (unpaired) electrons. The Balaban J connectivity index is 1.31. The second-order valence-corrected chi connectivity index (χ2v) is 11.2. The molecule has 1 aromatic carbocycles. The van der Waals surface area contributed by atoms with Crippen molar-refractivity contribution in [2.75, 3.05) is 6.54 Å². The lowest BCUT2D eigenvalue weighted by atomic mass is 9.85. The van der Waals surface area contributed by atoms with Crippen LogP contribution in [0.25, 0.3) is 0 Å². The topological polar surface area (TPSA) is 100 Å². The van der Waals surface area contributed by atoms with E-state index in [9.17, 15) is 23.5 Å². The van der Waals surface area contributed by atoms with Crippen molar-refractivity contribution in [3.63, 3.8) is 0 Å². The van der Waals surface area contributed by atoms with Gasteiger partial charge in [0.05, 0.1) is 11.8 Å². The van der Waals surface area contributed by atoms with Gasteiger partial charge in [0, 0.05) is 43.1 Å². The van der Waals surface area contributed by atoms with Gasteiger partial charge in [0.25, 0.3) is 0 Å². The smallest absolute Gasteiger partial charge is 0.248 e. The van der Waals surface area contributed by atoms with Gasteiger partial charge in [-0.05, 0) is 36.3 Å². The molecule has 0 spiro atoms. The monoisotopic (exact) mass is 487 g/mol. The van der Waals surface area contributed by atoms with E-state index in [1.165, 1.54) is 17.0 Å². The highest BCUT2D eigenvalue weighted by Crippen LogP contribution is 2.43. The highest BCUT2D eigenvalue weighted by atomic mass is 19.1. The van der Waals surface area contributed by atoms with E-state index in [1.807, 2.05) is 27.0 Å². The molecular weight excluding hydrogens is 456 g/mol. The molecule has 2 saturated carbocycles. The standard InChI is InChI=1S/C25H31F2N5O3/c1-25(2,3)22(32-12-20(29-30-32)13-4-5-13)24(35)31-11-15(33)9-21(31)23(34)28-19-10-17(19)16-7-6-14(26)8-18(16)27/h6-8,12-13,15,17,19,21-22,33H,4-5,9-11H2,1-3H3,(H,28,34)/t15-,17+,19-,21+,22-/m1/s1. The van der Waals surface area contributed by atoms with Gasteiger partial charge in [-0.1, -0.05) is 32.1 Å². The summed E-state index contributed by atoms with van der Waals surface area (Å²) in [6.07, 6.45) is 3.79. The van der Waals surface area contributed by atoms with Crippen LogP contribution in [0.1, 0.15) is 75.6 Å². The molecule has 0 bridgehead atoms. The predicted octanol–water partition coefficient (Wildman–Crippen LogP) is 2.66. The molecule has 1 aromatic heterocycles. The fourth-order valence-corrected chi connectivity index (χ4v) is 5.11. The predicted molar refractivity (Wildman–Crippen MR) is 122 cm³/mol. The average molecular weight is 488 g/mol. The number of β-amino-alcohol motifs (C(OH)–C–C–N with tert-alkyl or cyclic N) is 1. The molecular formula is C25H31F2N5O3. The van der Waals surface area contributed by atoms with Crippen molar-refractivity contribution in [2.45, 2.75) is 82.5 Å². The van der Waals surface area contributed by atoms with Crippen molar-refractivity contribution in [1.29, 1.82) is 0 Å². The summed E-state index contributed by atoms with van der Waals surface area (Å²) in [5.41, 5.74) is 0.721. The summed E-state index contributed by atoms with van der Waals surface area (Å²) in [5.74, 6) is -1.80. The number of carbonyl (C=O) groups is 2. The van der Waals surface area contributed by atoms with Crippen molar-refractivity contribution in [2.24, 2.45) is 5.41 Å². The molecule has 3 aliphatic rings. The molecule has 2 aliphatic carbocycles. The van der Waals surface area contributed by atoms with Crippen molar-refractivity contribution in [3.8, 4) is 0 Å². The lowest BCUT2D eigenvalue weighted by Crippen LogP contribution is -2.50. The second-order valence-electron chi connectivity index (χ2n) is 11.2. The number of aliphatic hydroxyl groups excluding tert-OH is 1. The first-order valence-corrected chi connectivity index (χ1v) is 12.2. The number of halogens is 2. The Morgan fingerprint density at radius 1 is 1.20 bits per heavy atom. The fraction of sp³-hybridized carbons (Fsp3) is 0.600. The molecule has 2 N–H and O–H groups in total. The fourth-order valence-electron chi connectivity index (χ4n) is 5.11. The van der Waals surface area contributed by atoms with E-state index in [-0.39, 0.29) is 36.7 Å². The number of carbonyl (C=O) groups excluding carboxylic acids is 2. The molecule has 5 atom stereocenters. The molecule has 8 nitrogen and oxygen atoms in total. The van der Waals surface area contributed by atoms with Gasteiger partial charge in [0.2, 0.25) is 11.8 Å². The SMILES string of the molecule is CC(C)(C)[C@@H](C(=O)N1C[C@H](O)C[C@H]1C(=O)N[C@@H]1C[C@H]1c1ccc(F)cc1F)n1cc(C2CC2)nn1. The Morgan fingerprint density at radius 2 is 1.94 bits per heavy atom. The summed E-state index contributed by atoms with van der Waals surface area (Å²) in [6, 6.07) is 1.61. The number of aliphatic hydroxyl groups is 1. The van der Waals surface area contributed by atoms with E-state index in [1.54, 1.807) is 4.68 Å². The number of likely N-dealkylation sites (tertiary alicyclic amines) is 1. The molecule has 188 valence electrons. The molecule has 2 amide bonds. The molecule has 3 fully saturated rings. The number of aromatic nitrogens is 3. The first-order chi connectivity index (χ1) is 16.5. The Morgan fingerprint density at radius 3 is 2.60 bits per heavy atom. The molecule has 1 aliphatic heterocycles. The first kappa shape index (κ1) is 23.8. The maximum atomic E-state index is 14.1. The summed E-state index contributed by atoms with van der Waals surface area (Å²) >= 11 is 0. The van der Waals surface area contributed by atoms with Crippen LogP contribution in [0, 0.1) is 17.0 Å². The number of benzene rings is 1. The van der Waals surface area contributed by atoms with Crippen molar-refractivity contribution in [1.82, 2.24) is 25.2 Å². The number of nitrogens with zero attached hydrogens (tertiary/aromatic N) is 4. The highest BCUT2D eigenvalue weighted by Gasteiger charge is 2.48. The van der Waals surface area contributed by atoms with E-state index in [4.69, 9.17) is 0 Å². The lowest BCUT2D eigenvalue weighted by molar-refractivity contribution is -0.144. The van der Waals surface area contributed by atoms with Gasteiger partial charge >= 0.3 is 0 Å². The van der Waals surface area contributed by atoms with E-state index >= 15 is 0 Å². The summed E-state index contributed by atoms with van der Waals surface area (Å²) in [4.78, 5) is 28.4. The largest absolute Gasteiger partial charge is 0.391 e. The van der Waals surface area contributed by atoms with Crippen LogP contribution in [0.2, 0.25) is 0 Å². The average Bonchev–Trinajstić information content (AvgIpc) is 3.66. The Kier molecular flexibility index (Phi) is 5.89. The van der Waals surface area contributed by atoms with Gasteiger partial charge in [-0.2, -0.15) is 0 Å². The zero-order valence-corrected chi connectivity index (χ0v) is 20.1. The van der Waals surface area contributed by atoms with Crippen LogP contribution < -0.4 is 5.32 Å². The number of hydrogen-bond acceptors (Lipinski definition) is 5. The van der Waals surface area contributed by atoms with Crippen LogP contribution in [0.5, 0.6) is 0 Å². The molecule has 2 heterocycles. The van der Waals surface area contributed by atoms with E-state index < -0.39 is 35.2 Å². The van der Waals surface area contributed by atoms with Crippen molar-refractivity contribution >= 4 is 11.8 Å². The van der Waals surface area contributed by atoms with Crippen LogP contribution in [0.3, 0.4) is 0 Å². The zero-order valence-electron chi connectivity index (χ0n) is 20.1. The molecule has 1 saturated heterocycles. The van der Waals surface area contributed by atoms with Gasteiger partial charge in [-0.15, -0.1) is 5.10 Å². The van der Waals surface area contributed by atoms with Crippen molar-refractivity contribution in [3.05, 3.63) is 47.3 Å². The van der Waals surface area contributed by atoms with Crippen LogP contribution >= 0.6 is 0 Å². The maximum Gasteiger partial charge on any atom is 0.248 e. The minimum atomic E-state index is -0.840. The summed E-state index contributed by atoms with van der Waals surface area (Å²) < 4.78 is 29.0. The van der Waals surface area contributed by atoms with E-state index in [0.29, 0.717) is 17.9 Å². The molecule has 5 rings (SSSR count). The first-order valence-electron chi connectivity index (χ1n) is 12.2. The molecule has 10 heteroatoms. The van der Waals surface area contributed by atoms with Crippen LogP contribution in [0.15, 0.2) is 24.4 Å². The minimum absolute atomic E-state index is 0.0500. The molecule has 35 heavy (non-hydrogen) atoms. The van der Waals surface area contributed by atoms with Gasteiger partial charge in [0.15, 0.2) is 0 Å². The van der Waals surface area contributed by atoms with Crippen LogP contribution in [-0.4, -0.2) is 61.5 Å². The quantitative estimate of drug-likeness (QED) is 0.653.